The Morgan fingerprint density at radius 3 is 2.48 bits per heavy atom. The van der Waals surface area contributed by atoms with Gasteiger partial charge in [-0.2, -0.15) is 5.10 Å². The highest BCUT2D eigenvalue weighted by Crippen LogP contribution is 2.25. The molecule has 31 heavy (non-hydrogen) atoms. The van der Waals surface area contributed by atoms with Gasteiger partial charge in [0.25, 0.3) is 5.91 Å². The van der Waals surface area contributed by atoms with E-state index in [2.05, 4.69) is 34.7 Å². The molecule has 0 saturated heterocycles. The molecule has 0 spiro atoms. The Morgan fingerprint density at radius 2 is 1.74 bits per heavy atom. The molecule has 4 rings (SSSR count). The lowest BCUT2D eigenvalue weighted by atomic mass is 10.2. The van der Waals surface area contributed by atoms with E-state index >= 15 is 0 Å². The number of hydrogen-bond donors (Lipinski definition) is 1. The number of carbonyl (C=O) groups is 1. The summed E-state index contributed by atoms with van der Waals surface area (Å²) in [5.74, 6) is 0.842. The molecule has 5 nitrogen and oxygen atoms in total. The van der Waals surface area contributed by atoms with Crippen molar-refractivity contribution in [3.63, 3.8) is 0 Å². The number of aromatic nitrogens is 2. The van der Waals surface area contributed by atoms with Gasteiger partial charge in [-0.15, -0.1) is 11.8 Å². The first kappa shape index (κ1) is 21.0. The number of nitrogens with one attached hydrogen (secondary N) is 1. The van der Waals surface area contributed by atoms with E-state index in [0.29, 0.717) is 24.6 Å². The molecule has 0 fully saturated rings. The largest absolute Gasteiger partial charge is 0.459 e. The van der Waals surface area contributed by atoms with Gasteiger partial charge in [0.05, 0.1) is 18.5 Å². The van der Waals surface area contributed by atoms with Gasteiger partial charge in [-0.25, -0.2) is 0 Å². The van der Waals surface area contributed by atoms with Gasteiger partial charge >= 0.3 is 0 Å². The number of carbonyl (C=O) groups excluding carboxylic acids is 1. The SMILES string of the molecule is Cc1nn(Cc2ccccc2)c(C)c1CNC(=O)c1occc1CSc1ccccc1. The van der Waals surface area contributed by atoms with Crippen LogP contribution in [0, 0.1) is 13.8 Å². The lowest BCUT2D eigenvalue weighted by Crippen LogP contribution is -2.24. The fraction of sp³-hybridized carbons (Fsp3) is 0.200. The van der Waals surface area contributed by atoms with Gasteiger partial charge in [-0.3, -0.25) is 9.48 Å². The summed E-state index contributed by atoms with van der Waals surface area (Å²) in [5.41, 5.74) is 5.10. The second kappa shape index (κ2) is 9.71. The molecule has 2 aromatic heterocycles. The molecule has 0 bridgehead atoms. The van der Waals surface area contributed by atoms with E-state index < -0.39 is 0 Å². The monoisotopic (exact) mass is 431 g/mol. The molecule has 0 aliphatic carbocycles. The topological polar surface area (TPSA) is 60.1 Å². The van der Waals surface area contributed by atoms with Crippen LogP contribution in [-0.4, -0.2) is 15.7 Å². The lowest BCUT2D eigenvalue weighted by Gasteiger charge is -2.08. The first-order chi connectivity index (χ1) is 15.1. The molecule has 0 saturated carbocycles. The van der Waals surface area contributed by atoms with Gasteiger partial charge in [-0.1, -0.05) is 48.5 Å². The quantitative estimate of drug-likeness (QED) is 0.381. The number of aryl methyl sites for hydroxylation is 1. The number of nitrogens with zero attached hydrogens (tertiary/aromatic N) is 2. The Bertz CT molecular complexity index is 1150. The summed E-state index contributed by atoms with van der Waals surface area (Å²) in [6.45, 7) is 5.14. The van der Waals surface area contributed by atoms with Crippen molar-refractivity contribution in [2.45, 2.75) is 37.6 Å². The first-order valence-electron chi connectivity index (χ1n) is 10.2. The van der Waals surface area contributed by atoms with E-state index in [1.165, 1.54) is 5.56 Å². The minimum Gasteiger partial charge on any atom is -0.459 e. The predicted molar refractivity (Wildman–Crippen MR) is 123 cm³/mol. The van der Waals surface area contributed by atoms with Crippen LogP contribution in [0.3, 0.4) is 0 Å². The number of hydrogen-bond acceptors (Lipinski definition) is 4. The summed E-state index contributed by atoms with van der Waals surface area (Å²) >= 11 is 1.68. The molecule has 0 aliphatic heterocycles. The molecular weight excluding hydrogens is 406 g/mol. The Hall–Kier alpha value is -3.25. The summed E-state index contributed by atoms with van der Waals surface area (Å²) < 4.78 is 7.49. The minimum atomic E-state index is -0.205. The van der Waals surface area contributed by atoms with Crippen LogP contribution in [-0.2, 0) is 18.8 Å². The number of rotatable bonds is 8. The third kappa shape index (κ3) is 5.09. The summed E-state index contributed by atoms with van der Waals surface area (Å²) in [6.07, 6.45) is 1.57. The molecule has 2 aromatic carbocycles. The van der Waals surface area contributed by atoms with E-state index in [4.69, 9.17) is 4.42 Å². The van der Waals surface area contributed by atoms with Gasteiger partial charge in [0.1, 0.15) is 0 Å². The van der Waals surface area contributed by atoms with Gasteiger partial charge < -0.3 is 9.73 Å². The van der Waals surface area contributed by atoms with Crippen molar-refractivity contribution < 1.29 is 9.21 Å². The zero-order valence-electron chi connectivity index (χ0n) is 17.7. The Balaban J connectivity index is 1.40. The highest BCUT2D eigenvalue weighted by Gasteiger charge is 2.18. The summed E-state index contributed by atoms with van der Waals surface area (Å²) in [7, 11) is 0. The van der Waals surface area contributed by atoms with Crippen molar-refractivity contribution in [3.05, 3.63) is 107 Å². The number of benzene rings is 2. The van der Waals surface area contributed by atoms with Crippen molar-refractivity contribution in [2.24, 2.45) is 0 Å². The van der Waals surface area contributed by atoms with Gasteiger partial charge in [0.15, 0.2) is 5.76 Å². The fourth-order valence-corrected chi connectivity index (χ4v) is 4.37. The number of furan rings is 1. The molecule has 4 aromatic rings. The smallest absolute Gasteiger partial charge is 0.287 e. The lowest BCUT2D eigenvalue weighted by molar-refractivity contribution is 0.0922. The minimum absolute atomic E-state index is 0.205. The maximum absolute atomic E-state index is 12.8. The molecule has 0 aliphatic rings. The average molecular weight is 432 g/mol. The van der Waals surface area contributed by atoms with E-state index in [-0.39, 0.29) is 5.91 Å². The fourth-order valence-electron chi connectivity index (χ4n) is 3.48. The van der Waals surface area contributed by atoms with Crippen LogP contribution in [0.5, 0.6) is 0 Å². The second-order valence-corrected chi connectivity index (χ2v) is 8.40. The second-order valence-electron chi connectivity index (χ2n) is 7.35. The Morgan fingerprint density at radius 1 is 1.03 bits per heavy atom. The Labute approximate surface area is 186 Å². The summed E-state index contributed by atoms with van der Waals surface area (Å²) in [6, 6.07) is 22.2. The molecule has 1 N–H and O–H groups in total. The van der Waals surface area contributed by atoms with Gasteiger partial charge in [-0.05, 0) is 37.6 Å². The first-order valence-corrected chi connectivity index (χ1v) is 11.2. The van der Waals surface area contributed by atoms with Crippen molar-refractivity contribution in [3.8, 4) is 0 Å². The van der Waals surface area contributed by atoms with Crippen LogP contribution in [0.1, 0.15) is 38.6 Å². The molecular formula is C25H25N3O2S. The number of amides is 1. The zero-order chi connectivity index (χ0) is 21.6. The van der Waals surface area contributed by atoms with Crippen LogP contribution < -0.4 is 5.32 Å². The van der Waals surface area contributed by atoms with E-state index in [1.54, 1.807) is 18.0 Å². The van der Waals surface area contributed by atoms with Crippen molar-refractivity contribution in [1.29, 1.82) is 0 Å². The highest BCUT2D eigenvalue weighted by atomic mass is 32.2. The normalized spacial score (nSPS) is 10.9. The molecule has 158 valence electrons. The van der Waals surface area contributed by atoms with E-state index in [0.717, 1.165) is 27.4 Å². The van der Waals surface area contributed by atoms with Crippen LogP contribution in [0.15, 0.2) is 82.3 Å². The van der Waals surface area contributed by atoms with E-state index in [1.807, 2.05) is 61.0 Å². The highest BCUT2D eigenvalue weighted by molar-refractivity contribution is 7.98. The number of thioether (sulfide) groups is 1. The van der Waals surface area contributed by atoms with Crippen LogP contribution in [0.4, 0.5) is 0 Å². The molecule has 0 radical (unpaired) electrons. The third-order valence-corrected chi connectivity index (χ3v) is 6.28. The van der Waals surface area contributed by atoms with E-state index in [9.17, 15) is 4.79 Å². The average Bonchev–Trinajstić information content (AvgIpc) is 3.37. The summed E-state index contributed by atoms with van der Waals surface area (Å²) in [5, 5.41) is 7.67. The molecule has 0 unspecified atom stereocenters. The predicted octanol–water partition coefficient (Wildman–Crippen LogP) is 5.36. The van der Waals surface area contributed by atoms with Gasteiger partial charge in [0.2, 0.25) is 0 Å². The molecule has 0 atom stereocenters. The maximum atomic E-state index is 12.8. The molecule has 1 amide bonds. The summed E-state index contributed by atoms with van der Waals surface area (Å²) in [4.78, 5) is 13.9. The van der Waals surface area contributed by atoms with Crippen molar-refractivity contribution in [1.82, 2.24) is 15.1 Å². The van der Waals surface area contributed by atoms with Crippen LogP contribution in [0.25, 0.3) is 0 Å². The standard InChI is InChI=1S/C25H25N3O2S/c1-18-23(19(2)28(27-18)16-20-9-5-3-6-10-20)15-26-25(29)24-21(13-14-30-24)17-31-22-11-7-4-8-12-22/h3-14H,15-17H2,1-2H3,(H,26,29). The van der Waals surface area contributed by atoms with Crippen LogP contribution in [0.2, 0.25) is 0 Å². The maximum Gasteiger partial charge on any atom is 0.287 e. The Kier molecular flexibility index (Phi) is 6.57. The molecule has 6 heteroatoms. The van der Waals surface area contributed by atoms with Gasteiger partial charge in [0, 0.05) is 34.0 Å². The van der Waals surface area contributed by atoms with Crippen molar-refractivity contribution in [2.75, 3.05) is 0 Å². The zero-order valence-corrected chi connectivity index (χ0v) is 18.5. The van der Waals surface area contributed by atoms with Crippen molar-refractivity contribution >= 4 is 17.7 Å². The molecule has 2 heterocycles. The third-order valence-electron chi connectivity index (χ3n) is 5.22. The van der Waals surface area contributed by atoms with Crippen LogP contribution >= 0.6 is 11.8 Å².